The molecule has 0 fully saturated rings. The Bertz CT molecular complexity index is 596. The van der Waals surface area contributed by atoms with E-state index in [1.165, 1.54) is 11.1 Å². The second-order valence-electron chi connectivity index (χ2n) is 4.93. The molecule has 0 atom stereocenters. The van der Waals surface area contributed by atoms with Gasteiger partial charge in [0.25, 0.3) is 0 Å². The second kappa shape index (κ2) is 6.17. The van der Waals surface area contributed by atoms with Crippen molar-refractivity contribution < 1.29 is 0 Å². The fourth-order valence-electron chi connectivity index (χ4n) is 2.24. The minimum absolute atomic E-state index is 0.763. The summed E-state index contributed by atoms with van der Waals surface area (Å²) in [5.74, 6) is 0. The molecule has 0 N–H and O–H groups in total. The Balaban J connectivity index is 2.06. The summed E-state index contributed by atoms with van der Waals surface area (Å²) in [6, 6.07) is 18.6. The first kappa shape index (κ1) is 13.3. The zero-order valence-corrected chi connectivity index (χ0v) is 11.4. The molecule has 2 nitrogen and oxygen atoms in total. The van der Waals surface area contributed by atoms with Gasteiger partial charge in [-0.3, -0.25) is 4.90 Å². The Morgan fingerprint density at radius 2 is 1.84 bits per heavy atom. The number of nitriles is 1. The van der Waals surface area contributed by atoms with E-state index < -0.39 is 0 Å². The Kier molecular flexibility index (Phi) is 4.33. The molecule has 0 aliphatic rings. The van der Waals surface area contributed by atoms with Crippen molar-refractivity contribution in [1.82, 2.24) is 4.90 Å². The van der Waals surface area contributed by atoms with Gasteiger partial charge in [0.15, 0.2) is 0 Å². The molecule has 2 aromatic carbocycles. The molecule has 2 heteroatoms. The molecule has 2 rings (SSSR count). The quantitative estimate of drug-likeness (QED) is 0.830. The van der Waals surface area contributed by atoms with Crippen molar-refractivity contribution in [3.63, 3.8) is 0 Å². The highest BCUT2D eigenvalue weighted by molar-refractivity contribution is 5.37. The Morgan fingerprint density at radius 3 is 2.58 bits per heavy atom. The topological polar surface area (TPSA) is 27.0 Å². The maximum atomic E-state index is 9.09. The summed E-state index contributed by atoms with van der Waals surface area (Å²) in [4.78, 5) is 2.23. The van der Waals surface area contributed by atoms with E-state index in [1.807, 2.05) is 24.3 Å². The lowest BCUT2D eigenvalue weighted by Crippen LogP contribution is -2.17. The highest BCUT2D eigenvalue weighted by Crippen LogP contribution is 2.12. The van der Waals surface area contributed by atoms with Crippen LogP contribution in [0.3, 0.4) is 0 Å². The molecule has 0 aliphatic carbocycles. The van der Waals surface area contributed by atoms with Crippen LogP contribution >= 0.6 is 0 Å². The number of benzene rings is 2. The van der Waals surface area contributed by atoms with Crippen LogP contribution in [0.4, 0.5) is 0 Å². The molecule has 0 unspecified atom stereocenters. The van der Waals surface area contributed by atoms with Crippen LogP contribution < -0.4 is 0 Å². The molecule has 0 heterocycles. The molecule has 0 aliphatic heterocycles. The fourth-order valence-corrected chi connectivity index (χ4v) is 2.24. The van der Waals surface area contributed by atoms with Crippen LogP contribution in [0.5, 0.6) is 0 Å². The van der Waals surface area contributed by atoms with Gasteiger partial charge in [0.2, 0.25) is 0 Å². The normalized spacial score (nSPS) is 10.4. The molecular formula is C17H18N2. The molecule has 0 aromatic heterocycles. The van der Waals surface area contributed by atoms with E-state index in [2.05, 4.69) is 49.2 Å². The minimum Gasteiger partial charge on any atom is -0.298 e. The average molecular weight is 250 g/mol. The number of aryl methyl sites for hydroxylation is 1. The molecule has 0 spiro atoms. The number of rotatable bonds is 4. The largest absolute Gasteiger partial charge is 0.298 e. The van der Waals surface area contributed by atoms with E-state index in [9.17, 15) is 0 Å². The summed E-state index contributed by atoms with van der Waals surface area (Å²) >= 11 is 0. The van der Waals surface area contributed by atoms with Crippen LogP contribution in [0.1, 0.15) is 22.3 Å². The van der Waals surface area contributed by atoms with E-state index in [0.717, 1.165) is 24.2 Å². The van der Waals surface area contributed by atoms with Gasteiger partial charge in [0, 0.05) is 13.1 Å². The van der Waals surface area contributed by atoms with E-state index >= 15 is 0 Å². The van der Waals surface area contributed by atoms with Gasteiger partial charge in [-0.1, -0.05) is 48.0 Å². The molecule has 2 aromatic rings. The first-order valence-corrected chi connectivity index (χ1v) is 6.41. The third kappa shape index (κ3) is 3.67. The zero-order chi connectivity index (χ0) is 13.7. The predicted octanol–water partition coefficient (Wildman–Crippen LogP) is 3.50. The van der Waals surface area contributed by atoms with Crippen LogP contribution in [-0.4, -0.2) is 11.9 Å². The maximum absolute atomic E-state index is 9.09. The van der Waals surface area contributed by atoms with Gasteiger partial charge in [-0.25, -0.2) is 0 Å². The lowest BCUT2D eigenvalue weighted by atomic mass is 10.1. The lowest BCUT2D eigenvalue weighted by Gasteiger charge is -2.17. The third-order valence-electron chi connectivity index (χ3n) is 3.11. The standard InChI is InChI=1S/C17H18N2/c1-14-6-5-7-15(10-14)12-19(2)13-17-9-4-3-8-16(17)11-18/h3-10H,12-13H2,1-2H3. The SMILES string of the molecule is Cc1cccc(CN(C)Cc2ccccc2C#N)c1. The van der Waals surface area contributed by atoms with Crippen LogP contribution in [-0.2, 0) is 13.1 Å². The Labute approximate surface area is 114 Å². The van der Waals surface area contributed by atoms with Crippen molar-refractivity contribution in [1.29, 1.82) is 5.26 Å². The van der Waals surface area contributed by atoms with Crippen molar-refractivity contribution in [2.24, 2.45) is 0 Å². The molecule has 0 amide bonds. The van der Waals surface area contributed by atoms with Gasteiger partial charge in [-0.05, 0) is 31.2 Å². The highest BCUT2D eigenvalue weighted by Gasteiger charge is 2.05. The van der Waals surface area contributed by atoms with Gasteiger partial charge < -0.3 is 0 Å². The molecule has 0 saturated heterocycles. The first-order chi connectivity index (χ1) is 9.19. The van der Waals surface area contributed by atoms with Gasteiger partial charge in [0.05, 0.1) is 11.6 Å². The fraction of sp³-hybridized carbons (Fsp3) is 0.235. The summed E-state index contributed by atoms with van der Waals surface area (Å²) in [6.45, 7) is 3.79. The number of hydrogen-bond donors (Lipinski definition) is 0. The van der Waals surface area contributed by atoms with Crippen molar-refractivity contribution in [2.45, 2.75) is 20.0 Å². The van der Waals surface area contributed by atoms with Crippen LogP contribution in [0, 0.1) is 18.3 Å². The summed E-state index contributed by atoms with van der Waals surface area (Å²) in [6.07, 6.45) is 0. The Hall–Kier alpha value is -2.11. The smallest absolute Gasteiger partial charge is 0.0995 e. The first-order valence-electron chi connectivity index (χ1n) is 6.41. The lowest BCUT2D eigenvalue weighted by molar-refractivity contribution is 0.319. The van der Waals surface area contributed by atoms with Gasteiger partial charge in [-0.2, -0.15) is 5.26 Å². The summed E-state index contributed by atoms with van der Waals surface area (Å²) < 4.78 is 0. The van der Waals surface area contributed by atoms with E-state index in [0.29, 0.717) is 0 Å². The van der Waals surface area contributed by atoms with Crippen molar-refractivity contribution >= 4 is 0 Å². The second-order valence-corrected chi connectivity index (χ2v) is 4.93. The summed E-state index contributed by atoms with van der Waals surface area (Å²) in [5, 5.41) is 9.09. The zero-order valence-electron chi connectivity index (χ0n) is 11.4. The van der Waals surface area contributed by atoms with E-state index in [1.54, 1.807) is 0 Å². The molecule has 0 saturated carbocycles. The number of nitrogens with zero attached hydrogens (tertiary/aromatic N) is 2. The summed E-state index contributed by atoms with van der Waals surface area (Å²) in [7, 11) is 2.08. The van der Waals surface area contributed by atoms with E-state index in [4.69, 9.17) is 5.26 Å². The van der Waals surface area contributed by atoms with Crippen LogP contribution in [0.2, 0.25) is 0 Å². The predicted molar refractivity (Wildman–Crippen MR) is 77.5 cm³/mol. The minimum atomic E-state index is 0.763. The van der Waals surface area contributed by atoms with Gasteiger partial charge >= 0.3 is 0 Å². The maximum Gasteiger partial charge on any atom is 0.0995 e. The van der Waals surface area contributed by atoms with Crippen molar-refractivity contribution in [3.05, 3.63) is 70.8 Å². The molecular weight excluding hydrogens is 232 g/mol. The van der Waals surface area contributed by atoms with E-state index in [-0.39, 0.29) is 0 Å². The average Bonchev–Trinajstić information content (AvgIpc) is 2.39. The Morgan fingerprint density at radius 1 is 1.05 bits per heavy atom. The summed E-state index contributed by atoms with van der Waals surface area (Å²) in [5.41, 5.74) is 4.43. The van der Waals surface area contributed by atoms with Crippen LogP contribution in [0.15, 0.2) is 48.5 Å². The van der Waals surface area contributed by atoms with Crippen molar-refractivity contribution in [3.8, 4) is 6.07 Å². The molecule has 96 valence electrons. The monoisotopic (exact) mass is 250 g/mol. The van der Waals surface area contributed by atoms with Gasteiger partial charge in [0.1, 0.15) is 0 Å². The molecule has 19 heavy (non-hydrogen) atoms. The highest BCUT2D eigenvalue weighted by atomic mass is 15.1. The van der Waals surface area contributed by atoms with Gasteiger partial charge in [-0.15, -0.1) is 0 Å². The third-order valence-corrected chi connectivity index (χ3v) is 3.11. The molecule has 0 bridgehead atoms. The van der Waals surface area contributed by atoms with Crippen molar-refractivity contribution in [2.75, 3.05) is 7.05 Å². The molecule has 0 radical (unpaired) electrons. The van der Waals surface area contributed by atoms with Crippen LogP contribution in [0.25, 0.3) is 0 Å². The number of hydrogen-bond acceptors (Lipinski definition) is 2.